The highest BCUT2D eigenvalue weighted by atomic mass is 19.1. The lowest BCUT2D eigenvalue weighted by Crippen LogP contribution is -2.46. The molecule has 0 aromatic heterocycles. The Kier molecular flexibility index (Phi) is 5.95. The van der Waals surface area contributed by atoms with Gasteiger partial charge in [0.1, 0.15) is 11.6 Å². The number of hydrogen-bond donors (Lipinski definition) is 1. The van der Waals surface area contributed by atoms with E-state index in [0.717, 1.165) is 78.9 Å². The highest BCUT2D eigenvalue weighted by Gasteiger charge is 2.20. The highest BCUT2D eigenvalue weighted by Crippen LogP contribution is 2.30. The average molecular weight is 434 g/mol. The second kappa shape index (κ2) is 9.17. The van der Waals surface area contributed by atoms with E-state index in [9.17, 15) is 9.18 Å². The zero-order chi connectivity index (χ0) is 21.9. The molecule has 1 N–H and O–H groups in total. The van der Waals surface area contributed by atoms with Crippen molar-refractivity contribution >= 4 is 22.4 Å². The van der Waals surface area contributed by atoms with Crippen LogP contribution in [0.25, 0.3) is 10.8 Å². The lowest BCUT2D eigenvalue weighted by molar-refractivity contribution is 0.0965. The van der Waals surface area contributed by atoms with Crippen LogP contribution in [0.3, 0.4) is 0 Å². The number of rotatable bonds is 7. The Labute approximate surface area is 187 Å². The topological polar surface area (TPSA) is 44.8 Å². The van der Waals surface area contributed by atoms with Crippen LogP contribution in [0.15, 0.2) is 54.6 Å². The number of carbonyl (C=O) groups is 1. The van der Waals surface area contributed by atoms with E-state index in [4.69, 9.17) is 4.74 Å². The van der Waals surface area contributed by atoms with Crippen molar-refractivity contribution in [2.45, 2.75) is 19.4 Å². The highest BCUT2D eigenvalue weighted by molar-refractivity contribution is 5.98. The van der Waals surface area contributed by atoms with Gasteiger partial charge in [0, 0.05) is 49.4 Å². The van der Waals surface area contributed by atoms with Crippen LogP contribution in [0.4, 0.5) is 10.1 Å². The van der Waals surface area contributed by atoms with Crippen molar-refractivity contribution in [3.63, 3.8) is 0 Å². The molecule has 0 aliphatic carbocycles. The molecule has 0 saturated carbocycles. The van der Waals surface area contributed by atoms with E-state index in [2.05, 4.69) is 15.1 Å². The normalized spacial score (nSPS) is 16.3. The van der Waals surface area contributed by atoms with Crippen molar-refractivity contribution in [3.05, 3.63) is 71.5 Å². The van der Waals surface area contributed by atoms with E-state index in [-0.39, 0.29) is 11.7 Å². The zero-order valence-corrected chi connectivity index (χ0v) is 18.1. The molecule has 32 heavy (non-hydrogen) atoms. The Balaban J connectivity index is 1.06. The van der Waals surface area contributed by atoms with Gasteiger partial charge in [-0.05, 0) is 60.7 Å². The molecule has 166 valence electrons. The molecular weight excluding hydrogens is 405 g/mol. The number of anilines is 1. The summed E-state index contributed by atoms with van der Waals surface area (Å²) in [7, 11) is 0. The maximum absolute atomic E-state index is 14.5. The third-order valence-electron chi connectivity index (χ3n) is 6.44. The third kappa shape index (κ3) is 4.28. The van der Waals surface area contributed by atoms with Crippen LogP contribution in [0, 0.1) is 5.82 Å². The molecule has 1 fully saturated rings. The number of nitrogens with one attached hydrogen (secondary N) is 1. The molecule has 6 heteroatoms. The molecule has 2 heterocycles. The molecule has 0 spiro atoms. The maximum atomic E-state index is 14.5. The van der Waals surface area contributed by atoms with E-state index < -0.39 is 0 Å². The van der Waals surface area contributed by atoms with Gasteiger partial charge in [-0.2, -0.15) is 0 Å². The quantitative estimate of drug-likeness (QED) is 0.567. The summed E-state index contributed by atoms with van der Waals surface area (Å²) in [6.07, 6.45) is 2.07. The summed E-state index contributed by atoms with van der Waals surface area (Å²) in [5.41, 5.74) is 2.76. The summed E-state index contributed by atoms with van der Waals surface area (Å²) in [4.78, 5) is 16.4. The predicted octanol–water partition coefficient (Wildman–Crippen LogP) is 4.20. The Morgan fingerprint density at radius 1 is 0.969 bits per heavy atom. The summed E-state index contributed by atoms with van der Waals surface area (Å²) >= 11 is 0. The van der Waals surface area contributed by atoms with Crippen LogP contribution < -0.4 is 15.0 Å². The number of benzene rings is 3. The number of fused-ring (bicyclic) bond motifs is 2. The monoisotopic (exact) mass is 433 g/mol. The number of carbonyl (C=O) groups excluding carboxylic acids is 1. The molecule has 5 nitrogen and oxygen atoms in total. The van der Waals surface area contributed by atoms with Gasteiger partial charge in [0.2, 0.25) is 0 Å². The predicted molar refractivity (Wildman–Crippen MR) is 125 cm³/mol. The number of halogens is 1. The van der Waals surface area contributed by atoms with Crippen LogP contribution in [0.1, 0.15) is 28.8 Å². The van der Waals surface area contributed by atoms with Crippen LogP contribution in [0.5, 0.6) is 5.75 Å². The van der Waals surface area contributed by atoms with E-state index in [1.165, 1.54) is 0 Å². The Bertz CT molecular complexity index is 1120. The molecule has 0 radical (unpaired) electrons. The molecular formula is C26H28FN3O2. The molecule has 5 rings (SSSR count). The number of piperazine rings is 1. The van der Waals surface area contributed by atoms with Gasteiger partial charge in [0.05, 0.1) is 6.61 Å². The second-order valence-corrected chi connectivity index (χ2v) is 8.50. The molecule has 1 amide bonds. The first-order chi connectivity index (χ1) is 15.7. The molecule has 2 aliphatic rings. The smallest absolute Gasteiger partial charge is 0.251 e. The second-order valence-electron chi connectivity index (χ2n) is 8.50. The van der Waals surface area contributed by atoms with Gasteiger partial charge in [0.25, 0.3) is 5.91 Å². The van der Waals surface area contributed by atoms with Gasteiger partial charge in [-0.15, -0.1) is 0 Å². The first kappa shape index (κ1) is 20.8. The largest absolute Gasteiger partial charge is 0.494 e. The lowest BCUT2D eigenvalue weighted by atomic mass is 10.1. The lowest BCUT2D eigenvalue weighted by Gasteiger charge is -2.36. The van der Waals surface area contributed by atoms with Crippen molar-refractivity contribution in [3.8, 4) is 5.75 Å². The van der Waals surface area contributed by atoms with Gasteiger partial charge in [-0.1, -0.05) is 24.3 Å². The van der Waals surface area contributed by atoms with Crippen molar-refractivity contribution in [2.75, 3.05) is 44.2 Å². The number of amides is 1. The van der Waals surface area contributed by atoms with Crippen LogP contribution in [-0.2, 0) is 6.54 Å². The van der Waals surface area contributed by atoms with Crippen molar-refractivity contribution in [2.24, 2.45) is 0 Å². The summed E-state index contributed by atoms with van der Waals surface area (Å²) in [6.45, 7) is 6.09. The van der Waals surface area contributed by atoms with E-state index in [1.807, 2.05) is 42.5 Å². The number of ether oxygens (including phenoxy) is 1. The molecule has 0 atom stereocenters. The minimum absolute atomic E-state index is 0.00256. The van der Waals surface area contributed by atoms with Gasteiger partial charge < -0.3 is 15.0 Å². The standard InChI is InChI=1S/C26H28FN3O2/c27-23-7-3-5-19-6-4-8-24(25(19)23)30-14-12-29(13-15-30)11-1-2-16-32-21-9-10-22-20(17-21)18-28-26(22)31/h3-10,17H,1-2,11-16,18H2,(H,28,31). The first-order valence-corrected chi connectivity index (χ1v) is 11.4. The van der Waals surface area contributed by atoms with Gasteiger partial charge in [-0.3, -0.25) is 9.69 Å². The molecule has 0 bridgehead atoms. The third-order valence-corrected chi connectivity index (χ3v) is 6.44. The molecule has 2 aliphatic heterocycles. The van der Waals surface area contributed by atoms with Gasteiger partial charge in [-0.25, -0.2) is 4.39 Å². The zero-order valence-electron chi connectivity index (χ0n) is 18.1. The summed E-state index contributed by atoms with van der Waals surface area (Å²) in [6, 6.07) is 17.0. The van der Waals surface area contributed by atoms with Crippen molar-refractivity contribution in [1.82, 2.24) is 10.2 Å². The van der Waals surface area contributed by atoms with Crippen LogP contribution in [0.2, 0.25) is 0 Å². The van der Waals surface area contributed by atoms with Crippen molar-refractivity contribution in [1.29, 1.82) is 0 Å². The fourth-order valence-electron chi connectivity index (χ4n) is 4.68. The van der Waals surface area contributed by atoms with Crippen LogP contribution in [-0.4, -0.2) is 50.1 Å². The fourth-order valence-corrected chi connectivity index (χ4v) is 4.68. The van der Waals surface area contributed by atoms with E-state index in [0.29, 0.717) is 13.2 Å². The molecule has 3 aromatic carbocycles. The Morgan fingerprint density at radius 3 is 2.62 bits per heavy atom. The average Bonchev–Trinajstić information content (AvgIpc) is 3.19. The Hall–Kier alpha value is -3.12. The molecule has 1 saturated heterocycles. The van der Waals surface area contributed by atoms with E-state index in [1.54, 1.807) is 12.1 Å². The number of nitrogens with zero attached hydrogens (tertiary/aromatic N) is 2. The fraction of sp³-hybridized carbons (Fsp3) is 0.346. The van der Waals surface area contributed by atoms with Crippen LogP contribution >= 0.6 is 0 Å². The SMILES string of the molecule is O=C1NCc2cc(OCCCCN3CCN(c4cccc5cccc(F)c45)CC3)ccc21. The molecule has 0 unspecified atom stereocenters. The Morgan fingerprint density at radius 2 is 1.78 bits per heavy atom. The van der Waals surface area contributed by atoms with Gasteiger partial charge in [0.15, 0.2) is 0 Å². The summed E-state index contributed by atoms with van der Waals surface area (Å²) in [5, 5.41) is 4.51. The maximum Gasteiger partial charge on any atom is 0.251 e. The van der Waals surface area contributed by atoms with Gasteiger partial charge >= 0.3 is 0 Å². The molecule has 3 aromatic rings. The number of unbranched alkanes of at least 4 members (excludes halogenated alkanes) is 1. The summed E-state index contributed by atoms with van der Waals surface area (Å²) in [5.74, 6) is 0.681. The summed E-state index contributed by atoms with van der Waals surface area (Å²) < 4.78 is 20.3. The first-order valence-electron chi connectivity index (χ1n) is 11.4. The minimum atomic E-state index is -0.147. The number of hydrogen-bond acceptors (Lipinski definition) is 4. The van der Waals surface area contributed by atoms with Crippen molar-refractivity contribution < 1.29 is 13.9 Å². The minimum Gasteiger partial charge on any atom is -0.494 e. The van der Waals surface area contributed by atoms with E-state index >= 15 is 0 Å².